The third-order valence-corrected chi connectivity index (χ3v) is 4.15. The van der Waals surface area contributed by atoms with Crippen LogP contribution in [0.1, 0.15) is 40.6 Å². The molecule has 0 spiro atoms. The van der Waals surface area contributed by atoms with Crippen LogP contribution in [-0.2, 0) is 0 Å². The topological polar surface area (TPSA) is 56.0 Å². The van der Waals surface area contributed by atoms with Gasteiger partial charge in [0.05, 0.1) is 11.5 Å². The Hall–Kier alpha value is -2.82. The summed E-state index contributed by atoms with van der Waals surface area (Å²) in [6, 6.07) is 13.8. The van der Waals surface area contributed by atoms with Crippen LogP contribution >= 0.6 is 0 Å². The van der Waals surface area contributed by atoms with Crippen LogP contribution in [0.25, 0.3) is 11.4 Å². The molecular weight excluding hydrogens is 295 g/mol. The molecule has 4 nitrogen and oxygen atoms in total. The quantitative estimate of drug-likeness (QED) is 0.718. The van der Waals surface area contributed by atoms with Gasteiger partial charge < -0.3 is 4.52 Å². The van der Waals surface area contributed by atoms with Crippen molar-refractivity contribution in [3.8, 4) is 11.4 Å². The molecule has 23 heavy (non-hydrogen) atoms. The van der Waals surface area contributed by atoms with Crippen LogP contribution in [-0.4, -0.2) is 15.9 Å². The Bertz CT molecular complexity index is 888. The van der Waals surface area contributed by atoms with Gasteiger partial charge in [0.2, 0.25) is 11.7 Å². The van der Waals surface area contributed by atoms with Gasteiger partial charge in [0.25, 0.3) is 0 Å². The van der Waals surface area contributed by atoms with E-state index in [-0.39, 0.29) is 23.3 Å². The molecule has 3 aromatic rings. The zero-order chi connectivity index (χ0) is 15.8. The summed E-state index contributed by atoms with van der Waals surface area (Å²) in [4.78, 5) is 16.4. The number of hydrogen-bond donors (Lipinski definition) is 0. The molecule has 0 radical (unpaired) electrons. The Balaban J connectivity index is 1.75. The average Bonchev–Trinajstić information content (AvgIpc) is 3.05. The van der Waals surface area contributed by atoms with Gasteiger partial charge in [0.1, 0.15) is 5.82 Å². The lowest BCUT2D eigenvalue weighted by atomic mass is 9.82. The largest absolute Gasteiger partial charge is 0.338 e. The molecule has 4 rings (SSSR count). The van der Waals surface area contributed by atoms with E-state index in [0.29, 0.717) is 29.9 Å². The number of carbonyl (C=O) groups is 1. The summed E-state index contributed by atoms with van der Waals surface area (Å²) in [7, 11) is 0. The number of Topliss-reactive ketones (excluding diaryl/α,β-unsaturated/α-hetero) is 1. The van der Waals surface area contributed by atoms with E-state index < -0.39 is 0 Å². The zero-order valence-electron chi connectivity index (χ0n) is 12.2. The molecule has 0 fully saturated rings. The van der Waals surface area contributed by atoms with E-state index in [1.807, 2.05) is 24.3 Å². The fourth-order valence-corrected chi connectivity index (χ4v) is 3.01. The summed E-state index contributed by atoms with van der Waals surface area (Å²) < 4.78 is 19.2. The van der Waals surface area contributed by atoms with E-state index in [2.05, 4.69) is 10.1 Å². The highest BCUT2D eigenvalue weighted by molar-refractivity contribution is 5.98. The second-order valence-electron chi connectivity index (χ2n) is 5.54. The molecule has 2 aromatic carbocycles. The average molecular weight is 308 g/mol. The monoisotopic (exact) mass is 308 g/mol. The number of rotatable bonds is 2. The van der Waals surface area contributed by atoms with Crippen molar-refractivity contribution in [3.05, 3.63) is 71.4 Å². The summed E-state index contributed by atoms with van der Waals surface area (Å²) in [5.74, 6) is 0.261. The van der Waals surface area contributed by atoms with E-state index in [4.69, 9.17) is 4.52 Å². The van der Waals surface area contributed by atoms with Crippen molar-refractivity contribution in [2.75, 3.05) is 0 Å². The molecule has 0 aliphatic heterocycles. The van der Waals surface area contributed by atoms with Crippen LogP contribution in [0.3, 0.4) is 0 Å². The van der Waals surface area contributed by atoms with E-state index in [1.54, 1.807) is 18.2 Å². The van der Waals surface area contributed by atoms with Crippen molar-refractivity contribution in [2.45, 2.75) is 18.8 Å². The maximum atomic E-state index is 13.9. The van der Waals surface area contributed by atoms with E-state index in [1.165, 1.54) is 6.07 Å². The molecular formula is C18H13FN2O2. The second-order valence-corrected chi connectivity index (χ2v) is 5.54. The lowest BCUT2D eigenvalue weighted by molar-refractivity contribution is 0.0967. The van der Waals surface area contributed by atoms with Crippen molar-refractivity contribution < 1.29 is 13.7 Å². The minimum absolute atomic E-state index is 0.128. The van der Waals surface area contributed by atoms with Crippen molar-refractivity contribution >= 4 is 5.78 Å². The number of carbonyl (C=O) groups excluding carboxylic acids is 1. The lowest BCUT2D eigenvalue weighted by Crippen LogP contribution is -2.16. The first-order chi connectivity index (χ1) is 11.2. The molecule has 1 unspecified atom stereocenters. The number of halogens is 1. The SMILES string of the molecule is O=C1CCC(c2nc(-c3ccccc3F)no2)c2ccccc21. The van der Waals surface area contributed by atoms with E-state index in [9.17, 15) is 9.18 Å². The van der Waals surface area contributed by atoms with Gasteiger partial charge in [0.15, 0.2) is 5.78 Å². The molecule has 0 saturated heterocycles. The molecule has 5 heteroatoms. The van der Waals surface area contributed by atoms with Crippen molar-refractivity contribution in [1.29, 1.82) is 0 Å². The van der Waals surface area contributed by atoms with Crippen LogP contribution < -0.4 is 0 Å². The maximum Gasteiger partial charge on any atom is 0.234 e. The van der Waals surface area contributed by atoms with Gasteiger partial charge in [-0.1, -0.05) is 41.6 Å². The first-order valence-electron chi connectivity index (χ1n) is 7.44. The highest BCUT2D eigenvalue weighted by Gasteiger charge is 2.30. The number of ketones is 1. The highest BCUT2D eigenvalue weighted by atomic mass is 19.1. The van der Waals surface area contributed by atoms with Gasteiger partial charge in [-0.2, -0.15) is 4.98 Å². The fraction of sp³-hybridized carbons (Fsp3) is 0.167. The summed E-state index contributed by atoms with van der Waals surface area (Å²) in [6.07, 6.45) is 1.06. The van der Waals surface area contributed by atoms with Crippen molar-refractivity contribution in [2.24, 2.45) is 0 Å². The molecule has 0 bridgehead atoms. The summed E-state index contributed by atoms with van der Waals surface area (Å²) in [5.41, 5.74) is 1.91. The molecule has 1 aliphatic carbocycles. The van der Waals surface area contributed by atoms with Gasteiger partial charge in [-0.25, -0.2) is 4.39 Å². The predicted molar refractivity (Wildman–Crippen MR) is 81.5 cm³/mol. The molecule has 0 saturated carbocycles. The van der Waals surface area contributed by atoms with E-state index in [0.717, 1.165) is 5.56 Å². The number of fused-ring (bicyclic) bond motifs is 1. The van der Waals surface area contributed by atoms with Gasteiger partial charge in [-0.15, -0.1) is 0 Å². The van der Waals surface area contributed by atoms with Gasteiger partial charge in [0, 0.05) is 12.0 Å². The van der Waals surface area contributed by atoms with Crippen LogP contribution in [0, 0.1) is 5.82 Å². The van der Waals surface area contributed by atoms with Gasteiger partial charge in [-0.3, -0.25) is 4.79 Å². The van der Waals surface area contributed by atoms with Crippen molar-refractivity contribution in [3.63, 3.8) is 0 Å². The first-order valence-corrected chi connectivity index (χ1v) is 7.44. The Morgan fingerprint density at radius 3 is 2.61 bits per heavy atom. The Morgan fingerprint density at radius 1 is 1.04 bits per heavy atom. The normalized spacial score (nSPS) is 17.1. The maximum absolute atomic E-state index is 13.9. The molecule has 0 N–H and O–H groups in total. The minimum Gasteiger partial charge on any atom is -0.338 e. The van der Waals surface area contributed by atoms with Crippen molar-refractivity contribution in [1.82, 2.24) is 10.1 Å². The Labute approximate surface area is 132 Å². The lowest BCUT2D eigenvalue weighted by Gasteiger charge is -2.21. The predicted octanol–water partition coefficient (Wildman–Crippen LogP) is 3.98. The first kappa shape index (κ1) is 13.8. The summed E-state index contributed by atoms with van der Waals surface area (Å²) in [5, 5.41) is 3.90. The Morgan fingerprint density at radius 2 is 1.78 bits per heavy atom. The number of nitrogens with zero attached hydrogens (tertiary/aromatic N) is 2. The van der Waals surface area contributed by atoms with Crippen LogP contribution in [0.15, 0.2) is 53.1 Å². The summed E-state index contributed by atoms with van der Waals surface area (Å²) in [6.45, 7) is 0. The smallest absolute Gasteiger partial charge is 0.234 e. The van der Waals surface area contributed by atoms with Gasteiger partial charge >= 0.3 is 0 Å². The molecule has 1 heterocycles. The third-order valence-electron chi connectivity index (χ3n) is 4.15. The minimum atomic E-state index is -0.390. The standard InChI is InChI=1S/C18H13FN2O2/c19-15-8-4-3-7-14(15)17-20-18(23-21-17)13-9-10-16(22)12-6-2-1-5-11(12)13/h1-8,13H,9-10H2. The molecule has 0 amide bonds. The second kappa shape index (κ2) is 5.43. The number of hydrogen-bond acceptors (Lipinski definition) is 4. The van der Waals surface area contributed by atoms with E-state index >= 15 is 0 Å². The number of benzene rings is 2. The Kier molecular flexibility index (Phi) is 3.26. The fourth-order valence-electron chi connectivity index (χ4n) is 3.01. The highest BCUT2D eigenvalue weighted by Crippen LogP contribution is 2.36. The zero-order valence-corrected chi connectivity index (χ0v) is 12.2. The number of aromatic nitrogens is 2. The third kappa shape index (κ3) is 2.34. The molecule has 114 valence electrons. The van der Waals surface area contributed by atoms with Crippen LogP contribution in [0.5, 0.6) is 0 Å². The molecule has 1 atom stereocenters. The van der Waals surface area contributed by atoms with Crippen LogP contribution in [0.2, 0.25) is 0 Å². The summed E-state index contributed by atoms with van der Waals surface area (Å²) >= 11 is 0. The van der Waals surface area contributed by atoms with Gasteiger partial charge in [-0.05, 0) is 24.1 Å². The molecule has 1 aromatic heterocycles. The van der Waals surface area contributed by atoms with Crippen LogP contribution in [0.4, 0.5) is 4.39 Å². The molecule has 1 aliphatic rings.